The van der Waals surface area contributed by atoms with E-state index in [4.69, 9.17) is 0 Å². The van der Waals surface area contributed by atoms with Gasteiger partial charge in [0.05, 0.1) is 16.6 Å². The van der Waals surface area contributed by atoms with Crippen molar-refractivity contribution in [2.45, 2.75) is 94.8 Å². The van der Waals surface area contributed by atoms with Gasteiger partial charge in [-0.3, -0.25) is 19.3 Å². The van der Waals surface area contributed by atoms with E-state index in [0.717, 1.165) is 18.4 Å². The number of fused-ring (bicyclic) bond motifs is 3. The Labute approximate surface area is 216 Å². The first-order valence-electron chi connectivity index (χ1n) is 13.9. The van der Waals surface area contributed by atoms with Crippen molar-refractivity contribution in [1.29, 1.82) is 0 Å². The molecule has 3 atom stereocenters. The van der Waals surface area contributed by atoms with Crippen molar-refractivity contribution >= 4 is 22.8 Å². The second-order valence-corrected chi connectivity index (χ2v) is 11.0. The van der Waals surface area contributed by atoms with Crippen LogP contribution in [0.15, 0.2) is 52.2 Å². The third-order valence-corrected chi connectivity index (χ3v) is 8.70. The first kappa shape index (κ1) is 24.1. The lowest BCUT2D eigenvalue weighted by molar-refractivity contribution is 0.0498. The molecule has 2 bridgehead atoms. The number of pyridine rings is 1. The number of aromatic nitrogens is 3. The number of hydrogen-bond donors (Lipinski definition) is 2. The van der Waals surface area contributed by atoms with Gasteiger partial charge in [0.15, 0.2) is 5.82 Å². The number of nitrogens with zero attached hydrogens (tertiary/aromatic N) is 3. The summed E-state index contributed by atoms with van der Waals surface area (Å²) < 4.78 is 1.89. The van der Waals surface area contributed by atoms with Gasteiger partial charge in [0.2, 0.25) is 5.56 Å². The Bertz CT molecular complexity index is 1370. The van der Waals surface area contributed by atoms with Crippen molar-refractivity contribution in [2.24, 2.45) is 0 Å². The fourth-order valence-electron chi connectivity index (χ4n) is 7.05. The van der Waals surface area contributed by atoms with Crippen LogP contribution in [0.25, 0.3) is 11.0 Å². The third-order valence-electron chi connectivity index (χ3n) is 8.70. The number of carbonyl (C=O) groups excluding carboxylic acids is 1. The van der Waals surface area contributed by atoms with Gasteiger partial charge in [0.25, 0.3) is 11.5 Å². The number of benzene rings is 1. The van der Waals surface area contributed by atoms with Gasteiger partial charge in [-0.25, -0.2) is 4.98 Å². The van der Waals surface area contributed by atoms with E-state index in [1.807, 2.05) is 28.8 Å². The highest BCUT2D eigenvalue weighted by molar-refractivity contribution is 6.03. The van der Waals surface area contributed by atoms with Gasteiger partial charge >= 0.3 is 0 Å². The van der Waals surface area contributed by atoms with Gasteiger partial charge in [-0.05, 0) is 56.7 Å². The molecule has 1 saturated carbocycles. The maximum atomic E-state index is 13.8. The second-order valence-electron chi connectivity index (χ2n) is 11.0. The van der Waals surface area contributed by atoms with Crippen LogP contribution in [-0.2, 0) is 0 Å². The largest absolute Gasteiger partial charge is 0.328 e. The van der Waals surface area contributed by atoms with Crippen molar-refractivity contribution in [3.05, 3.63) is 68.9 Å². The molecule has 4 heterocycles. The minimum Gasteiger partial charge on any atom is -0.328 e. The maximum Gasteiger partial charge on any atom is 0.294 e. The number of hydrogen-bond acceptors (Lipinski definition) is 5. The average Bonchev–Trinajstić information content (AvgIpc) is 3.13. The van der Waals surface area contributed by atoms with Crippen molar-refractivity contribution in [3.63, 3.8) is 0 Å². The second kappa shape index (κ2) is 10.2. The van der Waals surface area contributed by atoms with Crippen LogP contribution in [0.2, 0.25) is 0 Å². The summed E-state index contributed by atoms with van der Waals surface area (Å²) >= 11 is 0. The number of rotatable bonds is 4. The summed E-state index contributed by atoms with van der Waals surface area (Å²) in [5.74, 6) is -0.438. The summed E-state index contributed by atoms with van der Waals surface area (Å²) in [5, 5.41) is 2.71. The first-order valence-corrected chi connectivity index (χ1v) is 13.9. The molecule has 194 valence electrons. The van der Waals surface area contributed by atoms with E-state index in [0.29, 0.717) is 23.6 Å². The fraction of sp³-hybridized carbons (Fsp3) is 0.517. The predicted octanol–water partition coefficient (Wildman–Crippen LogP) is 4.62. The molecule has 3 aliphatic rings. The molecule has 0 unspecified atom stereocenters. The van der Waals surface area contributed by atoms with Crippen LogP contribution in [-0.4, -0.2) is 43.5 Å². The molecule has 1 amide bonds. The molecule has 2 aliphatic heterocycles. The number of H-pyrrole nitrogens is 1. The SMILES string of the molecule is O=C(Nc1nc2ccccc2n([C@H]2C[C@H]3CC[C@@H](C2)N3C2CCCCCCC2)c1=O)c1ccc(=O)[nH]c1. The highest BCUT2D eigenvalue weighted by atomic mass is 16.2. The van der Waals surface area contributed by atoms with Crippen LogP contribution in [0.1, 0.15) is 87.0 Å². The average molecular weight is 502 g/mol. The molecule has 0 spiro atoms. The zero-order chi connectivity index (χ0) is 25.4. The van der Waals surface area contributed by atoms with E-state index < -0.39 is 5.91 Å². The smallest absolute Gasteiger partial charge is 0.294 e. The highest BCUT2D eigenvalue weighted by Gasteiger charge is 2.44. The Morgan fingerprint density at radius 3 is 2.24 bits per heavy atom. The first-order chi connectivity index (χ1) is 18.1. The Kier molecular flexibility index (Phi) is 6.67. The number of para-hydroxylation sites is 2. The van der Waals surface area contributed by atoms with Gasteiger partial charge < -0.3 is 14.9 Å². The van der Waals surface area contributed by atoms with Crippen LogP contribution >= 0.6 is 0 Å². The lowest BCUT2D eigenvalue weighted by Gasteiger charge is -2.45. The van der Waals surface area contributed by atoms with Gasteiger partial charge in [-0.1, -0.05) is 44.2 Å². The van der Waals surface area contributed by atoms with Gasteiger partial charge in [0.1, 0.15) is 0 Å². The molecular formula is C29H35N5O3. The molecule has 2 N–H and O–H groups in total. The summed E-state index contributed by atoms with van der Waals surface area (Å²) in [6, 6.07) is 12.2. The van der Waals surface area contributed by atoms with Gasteiger partial charge in [-0.15, -0.1) is 0 Å². The van der Waals surface area contributed by atoms with Crippen LogP contribution in [0, 0.1) is 0 Å². The quantitative estimate of drug-likeness (QED) is 0.544. The molecule has 1 aromatic carbocycles. The van der Waals surface area contributed by atoms with E-state index in [1.54, 1.807) is 0 Å². The maximum absolute atomic E-state index is 13.8. The van der Waals surface area contributed by atoms with Crippen LogP contribution in [0.3, 0.4) is 0 Å². The monoisotopic (exact) mass is 501 g/mol. The molecule has 8 nitrogen and oxygen atoms in total. The van der Waals surface area contributed by atoms with Crippen LogP contribution in [0.5, 0.6) is 0 Å². The predicted molar refractivity (Wildman–Crippen MR) is 144 cm³/mol. The minimum absolute atomic E-state index is 0.0321. The third kappa shape index (κ3) is 4.75. The molecule has 2 saturated heterocycles. The summed E-state index contributed by atoms with van der Waals surface area (Å²) in [5.41, 5.74) is 1.22. The van der Waals surface area contributed by atoms with Crippen molar-refractivity contribution in [2.75, 3.05) is 5.32 Å². The molecule has 0 radical (unpaired) electrons. The van der Waals surface area contributed by atoms with Crippen LogP contribution < -0.4 is 16.4 Å². The molecule has 2 aromatic heterocycles. The number of aromatic amines is 1. The Balaban J connectivity index is 1.31. The van der Waals surface area contributed by atoms with Crippen molar-refractivity contribution in [3.8, 4) is 0 Å². The summed E-state index contributed by atoms with van der Waals surface area (Å²) in [6.07, 6.45) is 15.0. The van der Waals surface area contributed by atoms with E-state index in [-0.39, 0.29) is 28.5 Å². The number of anilines is 1. The molecule has 37 heavy (non-hydrogen) atoms. The molecular weight excluding hydrogens is 466 g/mol. The standard InChI is InChI=1S/C29H35N5O3/c35-26-15-12-19(18-30-26)28(36)32-27-29(37)34(25-11-7-6-10-24(25)31-27)23-16-21-13-14-22(17-23)33(21)20-8-4-2-1-3-5-9-20/h6-7,10-12,15,18,20-23H,1-5,8-9,13-14,16-17H2,(H,30,35)(H,31,32,36)/t21-,22+,23+. The number of piperidine rings is 1. The van der Waals surface area contributed by atoms with Crippen molar-refractivity contribution < 1.29 is 4.79 Å². The Morgan fingerprint density at radius 2 is 1.54 bits per heavy atom. The van der Waals surface area contributed by atoms with Gasteiger partial charge in [0, 0.05) is 36.4 Å². The number of nitrogens with one attached hydrogen (secondary N) is 2. The van der Waals surface area contributed by atoms with E-state index >= 15 is 0 Å². The topological polar surface area (TPSA) is 100 Å². The molecule has 3 aromatic rings. The minimum atomic E-state index is -0.471. The molecule has 1 aliphatic carbocycles. The van der Waals surface area contributed by atoms with E-state index in [2.05, 4.69) is 20.2 Å². The Morgan fingerprint density at radius 1 is 0.838 bits per heavy atom. The summed E-state index contributed by atoms with van der Waals surface area (Å²) in [4.78, 5) is 47.9. The lowest BCUT2D eigenvalue weighted by Crippen LogP contribution is -2.50. The molecule has 6 rings (SSSR count). The molecule has 3 fully saturated rings. The van der Waals surface area contributed by atoms with E-state index in [1.165, 1.54) is 76.1 Å². The highest BCUT2D eigenvalue weighted by Crippen LogP contribution is 2.44. The fourth-order valence-corrected chi connectivity index (χ4v) is 7.05. The summed E-state index contributed by atoms with van der Waals surface area (Å²) in [7, 11) is 0. The zero-order valence-electron chi connectivity index (χ0n) is 21.2. The van der Waals surface area contributed by atoms with Crippen LogP contribution in [0.4, 0.5) is 5.82 Å². The van der Waals surface area contributed by atoms with Gasteiger partial charge in [-0.2, -0.15) is 0 Å². The summed E-state index contributed by atoms with van der Waals surface area (Å²) in [6.45, 7) is 0. The zero-order valence-corrected chi connectivity index (χ0v) is 21.2. The molecule has 8 heteroatoms. The Hall–Kier alpha value is -3.26. The number of amides is 1. The number of carbonyl (C=O) groups is 1. The lowest BCUT2D eigenvalue weighted by atomic mass is 9.89. The normalized spacial score (nSPS) is 25.0. The van der Waals surface area contributed by atoms with E-state index in [9.17, 15) is 14.4 Å². The van der Waals surface area contributed by atoms with Crippen molar-refractivity contribution in [1.82, 2.24) is 19.4 Å².